The zero-order valence-electron chi connectivity index (χ0n) is 24.6. The van der Waals surface area contributed by atoms with Crippen molar-refractivity contribution in [2.45, 2.75) is 96.8 Å². The van der Waals surface area contributed by atoms with Crippen molar-refractivity contribution in [2.24, 2.45) is 4.76 Å². The van der Waals surface area contributed by atoms with E-state index in [0.717, 1.165) is 12.8 Å². The summed E-state index contributed by atoms with van der Waals surface area (Å²) in [5.74, 6) is -1.28. The van der Waals surface area contributed by atoms with Gasteiger partial charge < -0.3 is 30.2 Å². The number of aliphatic hydroxyl groups excluding tert-OH is 1. The van der Waals surface area contributed by atoms with Crippen LogP contribution < -0.4 is 10.8 Å². The lowest BCUT2D eigenvalue weighted by molar-refractivity contribution is -0.145. The highest BCUT2D eigenvalue weighted by atomic mass is 31.2. The van der Waals surface area contributed by atoms with E-state index in [-0.39, 0.29) is 48.5 Å². The lowest BCUT2D eigenvalue weighted by atomic mass is 9.95. The highest BCUT2D eigenvalue weighted by Gasteiger charge is 2.54. The first-order valence-electron chi connectivity index (χ1n) is 14.0. The lowest BCUT2D eigenvalue weighted by Crippen LogP contribution is -2.44. The molecule has 1 saturated heterocycles. The number of hydrogen-bond donors (Lipinski definition) is 4. The molecule has 3 heterocycles. The summed E-state index contributed by atoms with van der Waals surface area (Å²) in [6.07, 6.45) is 0.151. The minimum atomic E-state index is -3.87. The molecule has 5 N–H and O–H groups in total. The van der Waals surface area contributed by atoms with E-state index in [9.17, 15) is 24.4 Å². The van der Waals surface area contributed by atoms with Gasteiger partial charge in [-0.3, -0.25) is 9.36 Å². The van der Waals surface area contributed by atoms with Crippen molar-refractivity contribution in [1.29, 1.82) is 0 Å². The summed E-state index contributed by atoms with van der Waals surface area (Å²) in [6.45, 7) is 8.52. The van der Waals surface area contributed by atoms with Crippen molar-refractivity contribution in [3.63, 3.8) is 0 Å². The third kappa shape index (κ3) is 7.86. The van der Waals surface area contributed by atoms with Crippen LogP contribution in [0.1, 0.15) is 73.0 Å². The van der Waals surface area contributed by atoms with Gasteiger partial charge in [0.2, 0.25) is 0 Å². The van der Waals surface area contributed by atoms with Crippen LogP contribution >= 0.6 is 7.44 Å². The Morgan fingerprint density at radius 2 is 1.93 bits per heavy atom. The van der Waals surface area contributed by atoms with Crippen molar-refractivity contribution in [3.8, 4) is 0 Å². The maximum Gasteiger partial charge on any atom is 0.352 e. The smallest absolute Gasteiger partial charge is 0.352 e. The van der Waals surface area contributed by atoms with Gasteiger partial charge in [0.1, 0.15) is 29.8 Å². The molecule has 0 bridgehead atoms. The SMILES string of the molecule is CCCCOC(=O)C(C)=NP(=O)(CC[C@H]1O[C@@H](n2nnc3c(N)ncnc32)[C@](C)(O)[C@@H]1O)N[C@@H](C)C(=O)OCCCC. The van der Waals surface area contributed by atoms with E-state index >= 15 is 0 Å². The Kier molecular flexibility index (Phi) is 11.5. The fourth-order valence-electron chi connectivity index (χ4n) is 4.31. The normalized spacial score (nSPS) is 24.8. The van der Waals surface area contributed by atoms with Gasteiger partial charge in [0.25, 0.3) is 7.44 Å². The van der Waals surface area contributed by atoms with E-state index in [4.69, 9.17) is 19.9 Å². The Labute approximate surface area is 243 Å². The molecule has 0 amide bonds. The van der Waals surface area contributed by atoms with Gasteiger partial charge in [0, 0.05) is 6.16 Å². The number of carbonyl (C=O) groups excluding carboxylic acids is 2. The fraction of sp³-hybridized carbons (Fsp3) is 0.720. The Bertz CT molecular complexity index is 1320. The monoisotopic (exact) mass is 612 g/mol. The average molecular weight is 613 g/mol. The van der Waals surface area contributed by atoms with Crippen LogP contribution in [0.15, 0.2) is 11.1 Å². The van der Waals surface area contributed by atoms with Gasteiger partial charge >= 0.3 is 11.9 Å². The number of aromatic nitrogens is 5. The molecule has 2 aromatic rings. The quantitative estimate of drug-likeness (QED) is 0.0968. The number of anilines is 1. The molecule has 17 heteroatoms. The van der Waals surface area contributed by atoms with Crippen molar-refractivity contribution in [3.05, 3.63) is 6.33 Å². The highest BCUT2D eigenvalue weighted by molar-refractivity contribution is 7.60. The van der Waals surface area contributed by atoms with Gasteiger partial charge in [0.05, 0.1) is 19.3 Å². The standard InChI is InChI=1S/C25H41N8O8P/c1-6-8-11-39-22(35)15(3)30-42(38,31-16(4)23(36)40-12-9-7-2)13-10-17-19(34)25(5,37)24(41-17)33-21-18(29-32-33)20(26)27-14-28-21/h14-15,17,19,24,34,37H,6-13H2,1-5H3,(H,30,38)(H2,26,27,28)/t15-,17+,19+,24+,25+,42?/m0/s1. The molecule has 0 saturated carbocycles. The Hall–Kier alpha value is -3.04. The molecule has 3 rings (SSSR count). The second-order valence-corrected chi connectivity index (χ2v) is 12.7. The van der Waals surface area contributed by atoms with Gasteiger partial charge in [-0.1, -0.05) is 31.9 Å². The van der Waals surface area contributed by atoms with Crippen LogP contribution in [0.2, 0.25) is 0 Å². The largest absolute Gasteiger partial charge is 0.465 e. The molecule has 2 aromatic heterocycles. The van der Waals surface area contributed by atoms with Crippen molar-refractivity contribution < 1.29 is 38.6 Å². The van der Waals surface area contributed by atoms with Crippen LogP contribution in [0.3, 0.4) is 0 Å². The Morgan fingerprint density at radius 3 is 2.60 bits per heavy atom. The molecule has 0 spiro atoms. The number of unbranched alkanes of at least 4 members (excludes halogenated alkanes) is 2. The van der Waals surface area contributed by atoms with E-state index in [2.05, 4.69) is 30.1 Å². The van der Waals surface area contributed by atoms with E-state index in [0.29, 0.717) is 12.8 Å². The third-order valence-electron chi connectivity index (χ3n) is 6.81. The minimum Gasteiger partial charge on any atom is -0.465 e. The summed E-state index contributed by atoms with van der Waals surface area (Å²) in [5.41, 5.74) is 4.22. The number of esters is 2. The number of nitrogens with zero attached hydrogens (tertiary/aromatic N) is 6. The third-order valence-corrected chi connectivity index (χ3v) is 9.09. The molecule has 1 aliphatic heterocycles. The fourth-order valence-corrected chi connectivity index (χ4v) is 6.48. The first-order valence-corrected chi connectivity index (χ1v) is 15.8. The maximum atomic E-state index is 14.1. The van der Waals surface area contributed by atoms with Gasteiger partial charge in [-0.25, -0.2) is 24.6 Å². The number of rotatable bonds is 15. The summed E-state index contributed by atoms with van der Waals surface area (Å²) in [7, 11) is -3.87. The summed E-state index contributed by atoms with van der Waals surface area (Å²) >= 11 is 0. The molecule has 1 unspecified atom stereocenters. The van der Waals surface area contributed by atoms with Gasteiger partial charge in [-0.15, -0.1) is 5.10 Å². The van der Waals surface area contributed by atoms with Crippen LogP contribution in [0.4, 0.5) is 5.82 Å². The Morgan fingerprint density at radius 1 is 1.26 bits per heavy atom. The number of nitrogens with two attached hydrogens (primary N) is 1. The predicted octanol–water partition coefficient (Wildman–Crippen LogP) is 1.52. The number of aliphatic hydroxyl groups is 2. The number of carbonyl (C=O) groups is 2. The van der Waals surface area contributed by atoms with Gasteiger partial charge in [-0.2, -0.15) is 4.68 Å². The van der Waals surface area contributed by atoms with Gasteiger partial charge in [-0.05, 0) is 40.0 Å². The van der Waals surface area contributed by atoms with Gasteiger partial charge in [0.15, 0.2) is 23.2 Å². The van der Waals surface area contributed by atoms with E-state index in [1.807, 2.05) is 13.8 Å². The number of nitrogen functional groups attached to an aromatic ring is 1. The second kappa shape index (κ2) is 14.4. The molecule has 6 atom stereocenters. The summed E-state index contributed by atoms with van der Waals surface area (Å²) in [6, 6.07) is -1.02. The topological polar surface area (TPSA) is 226 Å². The van der Waals surface area contributed by atoms with Crippen molar-refractivity contribution in [2.75, 3.05) is 25.1 Å². The first kappa shape index (κ1) is 33.5. The maximum absolute atomic E-state index is 14.1. The van der Waals surface area contributed by atoms with Crippen LogP contribution in [-0.4, -0.2) is 96.1 Å². The average Bonchev–Trinajstić information content (AvgIpc) is 3.46. The van der Waals surface area contributed by atoms with Crippen LogP contribution in [0.25, 0.3) is 11.2 Å². The molecule has 1 aliphatic rings. The summed E-state index contributed by atoms with van der Waals surface area (Å²) in [4.78, 5) is 33.0. The van der Waals surface area contributed by atoms with E-state index < -0.39 is 49.5 Å². The molecular formula is C25H41N8O8P. The van der Waals surface area contributed by atoms with E-state index in [1.165, 1.54) is 31.8 Å². The zero-order chi connectivity index (χ0) is 31.1. The molecule has 0 aliphatic carbocycles. The van der Waals surface area contributed by atoms with Crippen LogP contribution in [0, 0.1) is 0 Å². The van der Waals surface area contributed by atoms with Crippen molar-refractivity contribution >= 4 is 42.1 Å². The van der Waals surface area contributed by atoms with Crippen molar-refractivity contribution in [1.82, 2.24) is 30.0 Å². The molecule has 0 aromatic carbocycles. The molecule has 42 heavy (non-hydrogen) atoms. The summed E-state index contributed by atoms with van der Waals surface area (Å²) < 4.78 is 35.8. The summed E-state index contributed by atoms with van der Waals surface area (Å²) in [5, 5.41) is 32.9. The number of fused-ring (bicyclic) bond motifs is 1. The highest BCUT2D eigenvalue weighted by Crippen LogP contribution is 2.47. The Balaban J connectivity index is 1.81. The van der Waals surface area contributed by atoms with Crippen LogP contribution in [-0.2, 0) is 28.4 Å². The number of hydrogen-bond acceptors (Lipinski definition) is 13. The van der Waals surface area contributed by atoms with Crippen LogP contribution in [0.5, 0.6) is 0 Å². The number of nitrogens with one attached hydrogen (secondary N) is 1. The molecule has 16 nitrogen and oxygen atoms in total. The lowest BCUT2D eigenvalue weighted by Gasteiger charge is -2.26. The first-order chi connectivity index (χ1) is 19.8. The van der Waals surface area contributed by atoms with E-state index in [1.54, 1.807) is 0 Å². The molecule has 1 fully saturated rings. The molecule has 234 valence electrons. The number of ether oxygens (including phenoxy) is 3. The second-order valence-electron chi connectivity index (χ2n) is 10.4. The predicted molar refractivity (Wildman–Crippen MR) is 153 cm³/mol. The molecular weight excluding hydrogens is 571 g/mol. The zero-order valence-corrected chi connectivity index (χ0v) is 25.5. The minimum absolute atomic E-state index is 0.0804. The molecule has 0 radical (unpaired) electrons.